The van der Waals surface area contributed by atoms with Gasteiger partial charge in [0.05, 0.1) is 11.4 Å². The molecule has 0 saturated heterocycles. The highest BCUT2D eigenvalue weighted by molar-refractivity contribution is 7.89. The third-order valence-electron chi connectivity index (χ3n) is 4.34. The molecule has 0 atom stereocenters. The minimum absolute atomic E-state index is 0.0948. The fraction of sp³-hybridized carbons (Fsp3) is 0.136. The van der Waals surface area contributed by atoms with Gasteiger partial charge in [-0.3, -0.25) is 4.79 Å². The standard InChI is InChI=1S/C22H21ClN2O3S/c23-21-14-8-7-11-19(21)15-24-22(26)17-25(16-18-9-3-1-4-10-18)29(27,28)20-12-5-2-6-13-20/h1-14H,15-17H2,(H,24,26). The molecule has 0 aliphatic carbocycles. The molecule has 3 aromatic carbocycles. The summed E-state index contributed by atoms with van der Waals surface area (Å²) in [5, 5.41) is 3.30. The molecule has 3 aromatic rings. The van der Waals surface area contributed by atoms with Gasteiger partial charge in [0.15, 0.2) is 0 Å². The molecular formula is C22H21ClN2O3S. The van der Waals surface area contributed by atoms with E-state index in [1.165, 1.54) is 16.4 Å². The number of nitrogens with one attached hydrogen (secondary N) is 1. The zero-order valence-electron chi connectivity index (χ0n) is 15.7. The van der Waals surface area contributed by atoms with Gasteiger partial charge >= 0.3 is 0 Å². The van der Waals surface area contributed by atoms with Crippen LogP contribution in [0.15, 0.2) is 89.8 Å². The van der Waals surface area contributed by atoms with Crippen LogP contribution in [-0.2, 0) is 27.9 Å². The number of hydrogen-bond acceptors (Lipinski definition) is 3. The molecule has 0 radical (unpaired) electrons. The average Bonchev–Trinajstić information content (AvgIpc) is 2.74. The second-order valence-corrected chi connectivity index (χ2v) is 8.79. The van der Waals surface area contributed by atoms with Crippen molar-refractivity contribution in [3.05, 3.63) is 101 Å². The van der Waals surface area contributed by atoms with E-state index in [2.05, 4.69) is 5.32 Å². The van der Waals surface area contributed by atoms with Gasteiger partial charge in [-0.05, 0) is 29.3 Å². The molecule has 0 bridgehead atoms. The second kappa shape index (κ2) is 9.69. The van der Waals surface area contributed by atoms with Crippen molar-refractivity contribution < 1.29 is 13.2 Å². The van der Waals surface area contributed by atoms with Crippen LogP contribution >= 0.6 is 11.6 Å². The number of sulfonamides is 1. The zero-order valence-corrected chi connectivity index (χ0v) is 17.2. The Labute approximate surface area is 176 Å². The largest absolute Gasteiger partial charge is 0.351 e. The Morgan fingerprint density at radius 3 is 2.10 bits per heavy atom. The summed E-state index contributed by atoms with van der Waals surface area (Å²) in [5.74, 6) is -0.402. The van der Waals surface area contributed by atoms with Gasteiger partial charge < -0.3 is 5.32 Å². The molecule has 1 amide bonds. The average molecular weight is 429 g/mol. The summed E-state index contributed by atoms with van der Waals surface area (Å²) in [6, 6.07) is 24.5. The van der Waals surface area contributed by atoms with Gasteiger partial charge in [0, 0.05) is 18.1 Å². The molecule has 0 aliphatic rings. The van der Waals surface area contributed by atoms with E-state index in [-0.39, 0.29) is 24.5 Å². The molecule has 0 fully saturated rings. The quantitative estimate of drug-likeness (QED) is 0.592. The van der Waals surface area contributed by atoms with Crippen LogP contribution in [0.2, 0.25) is 5.02 Å². The fourth-order valence-electron chi connectivity index (χ4n) is 2.81. The first kappa shape index (κ1) is 21.0. The van der Waals surface area contributed by atoms with Gasteiger partial charge in [-0.15, -0.1) is 0 Å². The van der Waals surface area contributed by atoms with E-state index in [1.54, 1.807) is 24.3 Å². The highest BCUT2D eigenvalue weighted by Crippen LogP contribution is 2.18. The number of carbonyl (C=O) groups is 1. The molecule has 5 nitrogen and oxygen atoms in total. The van der Waals surface area contributed by atoms with Crippen molar-refractivity contribution in [2.45, 2.75) is 18.0 Å². The lowest BCUT2D eigenvalue weighted by Crippen LogP contribution is -2.40. The Bertz CT molecular complexity index is 1060. The highest BCUT2D eigenvalue weighted by atomic mass is 35.5. The fourth-order valence-corrected chi connectivity index (χ4v) is 4.41. The van der Waals surface area contributed by atoms with Crippen LogP contribution < -0.4 is 5.32 Å². The van der Waals surface area contributed by atoms with Crippen LogP contribution in [-0.4, -0.2) is 25.2 Å². The van der Waals surface area contributed by atoms with Gasteiger partial charge in [0.1, 0.15) is 0 Å². The SMILES string of the molecule is O=C(CN(Cc1ccccc1)S(=O)(=O)c1ccccc1)NCc1ccccc1Cl. The van der Waals surface area contributed by atoms with Gasteiger partial charge in [-0.2, -0.15) is 4.31 Å². The maximum atomic E-state index is 13.1. The van der Waals surface area contributed by atoms with E-state index in [4.69, 9.17) is 11.6 Å². The number of amides is 1. The van der Waals surface area contributed by atoms with Crippen LogP contribution in [0.25, 0.3) is 0 Å². The van der Waals surface area contributed by atoms with Gasteiger partial charge in [-0.1, -0.05) is 78.3 Å². The molecule has 150 valence electrons. The number of nitrogens with zero attached hydrogens (tertiary/aromatic N) is 1. The third kappa shape index (κ3) is 5.67. The normalized spacial score (nSPS) is 11.4. The summed E-state index contributed by atoms with van der Waals surface area (Å²) in [5.41, 5.74) is 1.56. The first-order valence-corrected chi connectivity index (χ1v) is 10.9. The molecule has 0 aliphatic heterocycles. The maximum Gasteiger partial charge on any atom is 0.243 e. The molecular weight excluding hydrogens is 408 g/mol. The molecule has 0 aromatic heterocycles. The summed E-state index contributed by atoms with van der Waals surface area (Å²) in [4.78, 5) is 12.7. The summed E-state index contributed by atoms with van der Waals surface area (Å²) >= 11 is 6.12. The summed E-state index contributed by atoms with van der Waals surface area (Å²) < 4.78 is 27.4. The Hall–Kier alpha value is -2.67. The van der Waals surface area contributed by atoms with Crippen molar-refractivity contribution in [3.8, 4) is 0 Å². The van der Waals surface area contributed by atoms with Crippen LogP contribution in [0.3, 0.4) is 0 Å². The zero-order chi connectivity index (χ0) is 20.7. The smallest absolute Gasteiger partial charge is 0.243 e. The number of hydrogen-bond donors (Lipinski definition) is 1. The van der Waals surface area contributed by atoms with Crippen molar-refractivity contribution in [3.63, 3.8) is 0 Å². The van der Waals surface area contributed by atoms with E-state index in [0.29, 0.717) is 5.02 Å². The topological polar surface area (TPSA) is 66.5 Å². The molecule has 0 heterocycles. The molecule has 0 saturated carbocycles. The van der Waals surface area contributed by atoms with Crippen LogP contribution in [0.1, 0.15) is 11.1 Å². The third-order valence-corrected chi connectivity index (χ3v) is 6.51. The number of benzene rings is 3. The van der Waals surface area contributed by atoms with Crippen LogP contribution in [0.5, 0.6) is 0 Å². The second-order valence-electron chi connectivity index (χ2n) is 6.44. The van der Waals surface area contributed by atoms with E-state index < -0.39 is 15.9 Å². The van der Waals surface area contributed by atoms with E-state index in [0.717, 1.165) is 11.1 Å². The Balaban J connectivity index is 1.77. The lowest BCUT2D eigenvalue weighted by Gasteiger charge is -2.22. The molecule has 0 spiro atoms. The van der Waals surface area contributed by atoms with Gasteiger partial charge in [0.25, 0.3) is 0 Å². The summed E-state index contributed by atoms with van der Waals surface area (Å²) in [7, 11) is -3.84. The predicted octanol–water partition coefficient (Wildman–Crippen LogP) is 3.85. The van der Waals surface area contributed by atoms with E-state index in [1.807, 2.05) is 48.5 Å². The minimum atomic E-state index is -3.84. The molecule has 7 heteroatoms. The van der Waals surface area contributed by atoms with Crippen LogP contribution in [0.4, 0.5) is 0 Å². The van der Waals surface area contributed by atoms with Crippen molar-refractivity contribution in [2.75, 3.05) is 6.54 Å². The Morgan fingerprint density at radius 1 is 0.862 bits per heavy atom. The lowest BCUT2D eigenvalue weighted by atomic mass is 10.2. The number of carbonyl (C=O) groups excluding carboxylic acids is 1. The van der Waals surface area contributed by atoms with E-state index in [9.17, 15) is 13.2 Å². The number of halogens is 1. The Kier molecular flexibility index (Phi) is 7.04. The van der Waals surface area contributed by atoms with Crippen molar-refractivity contribution in [1.29, 1.82) is 0 Å². The van der Waals surface area contributed by atoms with Crippen molar-refractivity contribution in [1.82, 2.24) is 9.62 Å². The molecule has 3 rings (SSSR count). The molecule has 1 N–H and O–H groups in total. The predicted molar refractivity (Wildman–Crippen MR) is 114 cm³/mol. The summed E-state index contributed by atoms with van der Waals surface area (Å²) in [6.07, 6.45) is 0. The lowest BCUT2D eigenvalue weighted by molar-refractivity contribution is -0.121. The van der Waals surface area contributed by atoms with Crippen molar-refractivity contribution in [2.24, 2.45) is 0 Å². The first-order valence-electron chi connectivity index (χ1n) is 9.06. The van der Waals surface area contributed by atoms with Crippen LogP contribution in [0, 0.1) is 0 Å². The number of rotatable bonds is 8. The Morgan fingerprint density at radius 2 is 1.45 bits per heavy atom. The molecule has 29 heavy (non-hydrogen) atoms. The van der Waals surface area contributed by atoms with Gasteiger partial charge in [-0.25, -0.2) is 8.42 Å². The molecule has 0 unspecified atom stereocenters. The van der Waals surface area contributed by atoms with E-state index >= 15 is 0 Å². The highest BCUT2D eigenvalue weighted by Gasteiger charge is 2.26. The summed E-state index contributed by atoms with van der Waals surface area (Å²) in [6.45, 7) is 0.0250. The van der Waals surface area contributed by atoms with Gasteiger partial charge in [0.2, 0.25) is 15.9 Å². The van der Waals surface area contributed by atoms with Crippen molar-refractivity contribution >= 4 is 27.5 Å². The maximum absolute atomic E-state index is 13.1. The monoisotopic (exact) mass is 428 g/mol. The minimum Gasteiger partial charge on any atom is -0.351 e. The first-order chi connectivity index (χ1) is 14.0.